The summed E-state index contributed by atoms with van der Waals surface area (Å²) in [5.41, 5.74) is 9.14. The molecule has 18 heavy (non-hydrogen) atoms. The molecule has 1 rings (SSSR count). The summed E-state index contributed by atoms with van der Waals surface area (Å²) in [6.07, 6.45) is 1.16. The molecule has 0 heterocycles. The van der Waals surface area contributed by atoms with Crippen molar-refractivity contribution in [2.24, 2.45) is 0 Å². The van der Waals surface area contributed by atoms with E-state index in [0.29, 0.717) is 0 Å². The first kappa shape index (κ1) is 15.3. The maximum absolute atomic E-state index is 5.92. The lowest BCUT2D eigenvalue weighted by atomic mass is 10.1. The van der Waals surface area contributed by atoms with Gasteiger partial charge in [0.2, 0.25) is 0 Å². The SMILES string of the molecule is CCN(CCCN(C)C)c1cc(C)c(N)cc1Br. The quantitative estimate of drug-likeness (QED) is 0.819. The average molecular weight is 314 g/mol. The number of rotatable bonds is 6. The highest BCUT2D eigenvalue weighted by Crippen LogP contribution is 2.30. The van der Waals surface area contributed by atoms with Crippen LogP contribution in [0.1, 0.15) is 18.9 Å². The molecular weight excluding hydrogens is 290 g/mol. The van der Waals surface area contributed by atoms with Crippen LogP contribution in [0.4, 0.5) is 11.4 Å². The molecule has 0 aliphatic rings. The molecule has 1 aromatic rings. The van der Waals surface area contributed by atoms with Crippen molar-refractivity contribution in [3.05, 3.63) is 22.2 Å². The lowest BCUT2D eigenvalue weighted by molar-refractivity contribution is 0.400. The second-order valence-corrected chi connectivity index (χ2v) is 5.75. The van der Waals surface area contributed by atoms with Crippen LogP contribution in [0.3, 0.4) is 0 Å². The number of hydrogen-bond acceptors (Lipinski definition) is 3. The van der Waals surface area contributed by atoms with Crippen LogP contribution in [0, 0.1) is 6.92 Å². The molecule has 0 fully saturated rings. The molecule has 0 aliphatic carbocycles. The molecule has 0 saturated carbocycles. The van der Waals surface area contributed by atoms with Crippen molar-refractivity contribution in [3.8, 4) is 0 Å². The highest BCUT2D eigenvalue weighted by atomic mass is 79.9. The number of nitrogens with zero attached hydrogens (tertiary/aromatic N) is 2. The van der Waals surface area contributed by atoms with E-state index < -0.39 is 0 Å². The van der Waals surface area contributed by atoms with Crippen LogP contribution in [0.15, 0.2) is 16.6 Å². The molecule has 0 spiro atoms. The summed E-state index contributed by atoms with van der Waals surface area (Å²) in [5.74, 6) is 0. The molecular formula is C14H24BrN3. The third-order valence-electron chi connectivity index (χ3n) is 3.09. The lowest BCUT2D eigenvalue weighted by Crippen LogP contribution is -2.27. The Morgan fingerprint density at radius 3 is 2.44 bits per heavy atom. The van der Waals surface area contributed by atoms with Gasteiger partial charge in [-0.1, -0.05) is 0 Å². The number of halogens is 1. The van der Waals surface area contributed by atoms with Crippen molar-refractivity contribution >= 4 is 27.3 Å². The number of benzene rings is 1. The number of anilines is 2. The number of nitrogen functional groups attached to an aromatic ring is 1. The molecule has 1 aromatic carbocycles. The minimum Gasteiger partial charge on any atom is -0.398 e. The maximum atomic E-state index is 5.92. The molecule has 0 saturated heterocycles. The van der Waals surface area contributed by atoms with Crippen LogP contribution in [0.2, 0.25) is 0 Å². The lowest BCUT2D eigenvalue weighted by Gasteiger charge is -2.26. The van der Waals surface area contributed by atoms with E-state index in [0.717, 1.165) is 41.8 Å². The van der Waals surface area contributed by atoms with E-state index in [1.54, 1.807) is 0 Å². The molecule has 102 valence electrons. The van der Waals surface area contributed by atoms with E-state index in [9.17, 15) is 0 Å². The van der Waals surface area contributed by atoms with Crippen LogP contribution in [0.25, 0.3) is 0 Å². The first-order valence-electron chi connectivity index (χ1n) is 6.41. The highest BCUT2D eigenvalue weighted by Gasteiger charge is 2.10. The van der Waals surface area contributed by atoms with Crippen molar-refractivity contribution in [2.45, 2.75) is 20.3 Å². The summed E-state index contributed by atoms with van der Waals surface area (Å²) < 4.78 is 1.08. The van der Waals surface area contributed by atoms with Crippen LogP contribution in [0.5, 0.6) is 0 Å². The van der Waals surface area contributed by atoms with Crippen molar-refractivity contribution in [1.29, 1.82) is 0 Å². The van der Waals surface area contributed by atoms with Gasteiger partial charge in [0.05, 0.1) is 5.69 Å². The number of nitrogens with two attached hydrogens (primary N) is 1. The second kappa shape index (κ2) is 7.00. The molecule has 2 N–H and O–H groups in total. The zero-order valence-corrected chi connectivity index (χ0v) is 13.4. The topological polar surface area (TPSA) is 32.5 Å². The Morgan fingerprint density at radius 1 is 1.22 bits per heavy atom. The third-order valence-corrected chi connectivity index (χ3v) is 3.73. The molecule has 0 aliphatic heterocycles. The van der Waals surface area contributed by atoms with E-state index in [2.05, 4.69) is 59.7 Å². The summed E-state index contributed by atoms with van der Waals surface area (Å²) in [5, 5.41) is 0. The Hall–Kier alpha value is -0.740. The average Bonchev–Trinajstić information content (AvgIpc) is 2.30. The standard InChI is InChI=1S/C14H24BrN3/c1-5-18(8-6-7-17(3)4)14-9-11(2)13(16)10-12(14)15/h9-10H,5-8,16H2,1-4H3. The maximum Gasteiger partial charge on any atom is 0.0514 e. The normalized spacial score (nSPS) is 11.0. The van der Waals surface area contributed by atoms with Crippen molar-refractivity contribution in [1.82, 2.24) is 4.90 Å². The molecule has 4 heteroatoms. The summed E-state index contributed by atoms with van der Waals surface area (Å²) in [4.78, 5) is 4.61. The van der Waals surface area contributed by atoms with E-state index in [1.165, 1.54) is 5.69 Å². The van der Waals surface area contributed by atoms with E-state index in [1.807, 2.05) is 6.07 Å². The van der Waals surface area contributed by atoms with Crippen LogP contribution in [-0.2, 0) is 0 Å². The fourth-order valence-electron chi connectivity index (χ4n) is 1.95. The van der Waals surface area contributed by atoms with Gasteiger partial charge in [0, 0.05) is 23.2 Å². The summed E-state index contributed by atoms with van der Waals surface area (Å²) in [6.45, 7) is 7.43. The minimum absolute atomic E-state index is 0.843. The first-order chi connectivity index (χ1) is 8.45. The summed E-state index contributed by atoms with van der Waals surface area (Å²) >= 11 is 3.61. The van der Waals surface area contributed by atoms with Gasteiger partial charge in [-0.25, -0.2) is 0 Å². The molecule has 0 radical (unpaired) electrons. The van der Waals surface area contributed by atoms with Gasteiger partial charge in [-0.05, 0) is 74.5 Å². The van der Waals surface area contributed by atoms with E-state index in [4.69, 9.17) is 5.73 Å². The van der Waals surface area contributed by atoms with Gasteiger partial charge in [0.25, 0.3) is 0 Å². The largest absolute Gasteiger partial charge is 0.398 e. The Morgan fingerprint density at radius 2 is 1.89 bits per heavy atom. The van der Waals surface area contributed by atoms with Gasteiger partial charge >= 0.3 is 0 Å². The fourth-order valence-corrected chi connectivity index (χ4v) is 2.56. The Balaban J connectivity index is 2.78. The molecule has 0 atom stereocenters. The smallest absolute Gasteiger partial charge is 0.0514 e. The van der Waals surface area contributed by atoms with Gasteiger partial charge < -0.3 is 15.5 Å². The van der Waals surface area contributed by atoms with Gasteiger partial charge in [-0.15, -0.1) is 0 Å². The molecule has 0 bridgehead atoms. The highest BCUT2D eigenvalue weighted by molar-refractivity contribution is 9.10. The fraction of sp³-hybridized carbons (Fsp3) is 0.571. The zero-order chi connectivity index (χ0) is 13.7. The van der Waals surface area contributed by atoms with Crippen LogP contribution < -0.4 is 10.6 Å². The van der Waals surface area contributed by atoms with Crippen molar-refractivity contribution in [2.75, 3.05) is 44.4 Å². The van der Waals surface area contributed by atoms with Gasteiger partial charge in [-0.2, -0.15) is 0 Å². The summed E-state index contributed by atoms with van der Waals surface area (Å²) in [7, 11) is 4.22. The zero-order valence-electron chi connectivity index (χ0n) is 11.8. The molecule has 3 nitrogen and oxygen atoms in total. The van der Waals surface area contributed by atoms with E-state index in [-0.39, 0.29) is 0 Å². The van der Waals surface area contributed by atoms with Gasteiger partial charge in [0.15, 0.2) is 0 Å². The Kier molecular flexibility index (Phi) is 5.96. The Labute approximate surface area is 119 Å². The van der Waals surface area contributed by atoms with Gasteiger partial charge in [0.1, 0.15) is 0 Å². The third kappa shape index (κ3) is 4.18. The molecule has 0 amide bonds. The number of aryl methyl sites for hydroxylation is 1. The Bertz CT molecular complexity index is 391. The van der Waals surface area contributed by atoms with Gasteiger partial charge in [-0.3, -0.25) is 0 Å². The molecule has 0 unspecified atom stereocenters. The van der Waals surface area contributed by atoms with E-state index >= 15 is 0 Å². The summed E-state index contributed by atoms with van der Waals surface area (Å²) in [6, 6.07) is 4.16. The molecule has 0 aromatic heterocycles. The van der Waals surface area contributed by atoms with Crippen LogP contribution in [-0.4, -0.2) is 38.6 Å². The minimum atomic E-state index is 0.843. The first-order valence-corrected chi connectivity index (χ1v) is 7.20. The van der Waals surface area contributed by atoms with Crippen molar-refractivity contribution in [3.63, 3.8) is 0 Å². The predicted molar refractivity (Wildman–Crippen MR) is 84.3 cm³/mol. The van der Waals surface area contributed by atoms with Crippen molar-refractivity contribution < 1.29 is 0 Å². The monoisotopic (exact) mass is 313 g/mol. The van der Waals surface area contributed by atoms with Crippen LogP contribution >= 0.6 is 15.9 Å². The predicted octanol–water partition coefficient (Wildman–Crippen LogP) is 3.12. The number of hydrogen-bond donors (Lipinski definition) is 1. The second-order valence-electron chi connectivity index (χ2n) is 4.90.